The van der Waals surface area contributed by atoms with Gasteiger partial charge in [0.1, 0.15) is 6.61 Å². The second kappa shape index (κ2) is 8.57. The predicted molar refractivity (Wildman–Crippen MR) is 107 cm³/mol. The van der Waals surface area contributed by atoms with E-state index in [1.54, 1.807) is 23.1 Å². The molecule has 0 aliphatic carbocycles. The number of rotatable bonds is 8. The Morgan fingerprint density at radius 3 is 2.96 bits per heavy atom. The highest BCUT2D eigenvalue weighted by Gasteiger charge is 2.13. The summed E-state index contributed by atoms with van der Waals surface area (Å²) in [6.07, 6.45) is 0.764. The Bertz CT molecular complexity index is 921. The van der Waals surface area contributed by atoms with E-state index < -0.39 is 0 Å². The van der Waals surface area contributed by atoms with Gasteiger partial charge in [0.25, 0.3) is 0 Å². The number of nitrogens with zero attached hydrogens (tertiary/aromatic N) is 2. The minimum Gasteiger partial charge on any atom is -0.493 e. The zero-order chi connectivity index (χ0) is 18.5. The monoisotopic (exact) mass is 410 g/mol. The highest BCUT2D eigenvalue weighted by Crippen LogP contribution is 2.37. The molecule has 1 aromatic carbocycles. The third-order valence-electron chi connectivity index (χ3n) is 3.73. The van der Waals surface area contributed by atoms with Crippen LogP contribution < -0.4 is 14.9 Å². The van der Waals surface area contributed by atoms with E-state index in [0.717, 1.165) is 22.7 Å². The average molecular weight is 411 g/mol. The van der Waals surface area contributed by atoms with Crippen LogP contribution in [-0.2, 0) is 19.6 Å². The third kappa shape index (κ3) is 4.20. The van der Waals surface area contributed by atoms with Gasteiger partial charge in [0.05, 0.1) is 18.7 Å². The Labute approximate surface area is 165 Å². The van der Waals surface area contributed by atoms with Crippen LogP contribution in [0, 0.1) is 4.77 Å². The molecule has 0 radical (unpaired) electrons. The second-order valence-electron chi connectivity index (χ2n) is 5.45. The van der Waals surface area contributed by atoms with Gasteiger partial charge < -0.3 is 14.9 Å². The normalized spacial score (nSPS) is 10.7. The van der Waals surface area contributed by atoms with Gasteiger partial charge in [-0.2, -0.15) is 5.10 Å². The molecule has 0 amide bonds. The summed E-state index contributed by atoms with van der Waals surface area (Å²) in [7, 11) is 1.60. The molecule has 138 valence electrons. The van der Waals surface area contributed by atoms with Crippen molar-refractivity contribution in [3.05, 3.63) is 55.7 Å². The lowest BCUT2D eigenvalue weighted by Crippen LogP contribution is -2.17. The lowest BCUT2D eigenvalue weighted by atomic mass is 10.2. The van der Waals surface area contributed by atoms with Gasteiger partial charge in [0, 0.05) is 11.3 Å². The fraction of sp³-hybridized carbons (Fsp3) is 0.294. The smallest absolute Gasteiger partial charge is 0.214 e. The van der Waals surface area contributed by atoms with E-state index in [1.807, 2.05) is 36.6 Å². The van der Waals surface area contributed by atoms with Crippen molar-refractivity contribution in [3.8, 4) is 11.5 Å². The van der Waals surface area contributed by atoms with Crippen molar-refractivity contribution in [3.63, 3.8) is 0 Å². The summed E-state index contributed by atoms with van der Waals surface area (Å²) >= 11 is 13.3. The highest BCUT2D eigenvalue weighted by molar-refractivity contribution is 7.71. The molecule has 0 saturated heterocycles. The first-order valence-corrected chi connectivity index (χ1v) is 9.70. The number of H-pyrrole nitrogens is 1. The van der Waals surface area contributed by atoms with E-state index in [-0.39, 0.29) is 0 Å². The molecule has 0 fully saturated rings. The Morgan fingerprint density at radius 2 is 2.27 bits per heavy atom. The van der Waals surface area contributed by atoms with E-state index in [0.29, 0.717) is 34.4 Å². The zero-order valence-electron chi connectivity index (χ0n) is 14.4. The summed E-state index contributed by atoms with van der Waals surface area (Å²) in [4.78, 5) is 1.12. The molecular formula is C17H19ClN4O2S2. The first kappa shape index (κ1) is 18.8. The van der Waals surface area contributed by atoms with Gasteiger partial charge in [-0.25, -0.2) is 4.68 Å². The van der Waals surface area contributed by atoms with Crippen LogP contribution in [0.2, 0.25) is 5.02 Å². The Balaban J connectivity index is 1.75. The quantitative estimate of drug-likeness (QED) is 0.533. The number of aromatic nitrogens is 3. The number of halogens is 1. The second-order valence-corrected chi connectivity index (χ2v) is 7.27. The first-order chi connectivity index (χ1) is 12.6. The molecule has 2 aromatic heterocycles. The molecule has 0 unspecified atom stereocenters. The van der Waals surface area contributed by atoms with Crippen LogP contribution in [0.25, 0.3) is 0 Å². The number of aryl methyl sites for hydroxylation is 1. The zero-order valence-corrected chi connectivity index (χ0v) is 16.8. The fourth-order valence-electron chi connectivity index (χ4n) is 2.45. The summed E-state index contributed by atoms with van der Waals surface area (Å²) in [5.74, 6) is 1.97. The molecule has 0 spiro atoms. The summed E-state index contributed by atoms with van der Waals surface area (Å²) in [5, 5.41) is 9.47. The molecule has 2 N–H and O–H groups in total. The van der Waals surface area contributed by atoms with Gasteiger partial charge in [-0.1, -0.05) is 24.6 Å². The molecule has 0 bridgehead atoms. The van der Waals surface area contributed by atoms with Crippen LogP contribution in [0.5, 0.6) is 11.5 Å². The molecule has 3 aromatic rings. The maximum absolute atomic E-state index is 6.43. The lowest BCUT2D eigenvalue weighted by Gasteiger charge is -2.15. The van der Waals surface area contributed by atoms with Crippen molar-refractivity contribution in [2.75, 3.05) is 12.5 Å². The molecule has 0 aliphatic heterocycles. The van der Waals surface area contributed by atoms with E-state index in [4.69, 9.17) is 33.3 Å². The maximum Gasteiger partial charge on any atom is 0.214 e. The van der Waals surface area contributed by atoms with Gasteiger partial charge in [0.2, 0.25) is 4.77 Å². The molecular weight excluding hydrogens is 392 g/mol. The third-order valence-corrected chi connectivity index (χ3v) is 5.13. The fourth-order valence-corrected chi connectivity index (χ4v) is 3.57. The standard InChI is InChI=1S/C17H19ClN4O2S2/c1-3-15-20-21-17(25)22(15)19-9-11-7-13(18)16(14(8-11)23-2)24-10-12-5-4-6-26-12/h4-8,19H,3,9-10H2,1-2H3,(H,21,25). The van der Waals surface area contributed by atoms with Crippen LogP contribution in [0.15, 0.2) is 29.6 Å². The van der Waals surface area contributed by atoms with Crippen molar-refractivity contribution >= 4 is 35.2 Å². The van der Waals surface area contributed by atoms with Crippen LogP contribution in [0.1, 0.15) is 23.2 Å². The minimum atomic E-state index is 0.454. The van der Waals surface area contributed by atoms with Crippen LogP contribution in [0.3, 0.4) is 0 Å². The number of ether oxygens (including phenoxy) is 2. The molecule has 6 nitrogen and oxygen atoms in total. The number of methoxy groups -OCH3 is 1. The van der Waals surface area contributed by atoms with Gasteiger partial charge in [-0.3, -0.25) is 5.10 Å². The number of aromatic amines is 1. The van der Waals surface area contributed by atoms with Crippen molar-refractivity contribution in [2.24, 2.45) is 0 Å². The predicted octanol–water partition coefficient (Wildman–Crippen LogP) is 4.55. The van der Waals surface area contributed by atoms with Crippen LogP contribution >= 0.6 is 35.2 Å². The Morgan fingerprint density at radius 1 is 1.42 bits per heavy atom. The van der Waals surface area contributed by atoms with E-state index in [9.17, 15) is 0 Å². The number of nitrogens with one attached hydrogen (secondary N) is 2. The van der Waals surface area contributed by atoms with Gasteiger partial charge in [0.15, 0.2) is 17.3 Å². The van der Waals surface area contributed by atoms with Crippen molar-refractivity contribution in [1.82, 2.24) is 14.9 Å². The molecule has 3 rings (SSSR count). The average Bonchev–Trinajstić information content (AvgIpc) is 3.28. The van der Waals surface area contributed by atoms with Crippen molar-refractivity contribution < 1.29 is 9.47 Å². The summed E-state index contributed by atoms with van der Waals surface area (Å²) in [5.41, 5.74) is 4.19. The Hall–Kier alpha value is -2.03. The Kier molecular flexibility index (Phi) is 6.18. The van der Waals surface area contributed by atoms with Crippen LogP contribution in [0.4, 0.5) is 0 Å². The number of hydrogen-bond acceptors (Lipinski definition) is 6. The summed E-state index contributed by atoms with van der Waals surface area (Å²) in [6.45, 7) is 2.99. The van der Waals surface area contributed by atoms with E-state index >= 15 is 0 Å². The maximum atomic E-state index is 6.43. The number of benzene rings is 1. The SMILES string of the molecule is CCc1n[nH]c(=S)n1NCc1cc(Cl)c(OCc2cccs2)c(OC)c1. The largest absolute Gasteiger partial charge is 0.493 e. The van der Waals surface area contributed by atoms with Gasteiger partial charge >= 0.3 is 0 Å². The topological polar surface area (TPSA) is 64.1 Å². The summed E-state index contributed by atoms with van der Waals surface area (Å²) < 4.78 is 13.6. The molecule has 0 aliphatic rings. The molecule has 0 atom stereocenters. The van der Waals surface area contributed by atoms with E-state index in [2.05, 4.69) is 15.6 Å². The van der Waals surface area contributed by atoms with E-state index in [1.165, 1.54) is 0 Å². The van der Waals surface area contributed by atoms with Crippen molar-refractivity contribution in [2.45, 2.75) is 26.5 Å². The molecule has 9 heteroatoms. The molecule has 2 heterocycles. The summed E-state index contributed by atoms with van der Waals surface area (Å²) in [6, 6.07) is 7.76. The van der Waals surface area contributed by atoms with Crippen LogP contribution in [-0.4, -0.2) is 22.0 Å². The van der Waals surface area contributed by atoms with Gasteiger partial charge in [-0.15, -0.1) is 11.3 Å². The van der Waals surface area contributed by atoms with Crippen molar-refractivity contribution in [1.29, 1.82) is 0 Å². The minimum absolute atomic E-state index is 0.454. The molecule has 0 saturated carbocycles. The number of thiophene rings is 1. The van der Waals surface area contributed by atoms with Gasteiger partial charge in [-0.05, 0) is 41.4 Å². The highest BCUT2D eigenvalue weighted by atomic mass is 35.5. The lowest BCUT2D eigenvalue weighted by molar-refractivity contribution is 0.287. The first-order valence-electron chi connectivity index (χ1n) is 8.04. The number of hydrogen-bond donors (Lipinski definition) is 2. The molecule has 26 heavy (non-hydrogen) atoms.